The highest BCUT2D eigenvalue weighted by molar-refractivity contribution is 6.03. The van der Waals surface area contributed by atoms with Crippen LogP contribution in [0.3, 0.4) is 0 Å². The van der Waals surface area contributed by atoms with Gasteiger partial charge in [0, 0.05) is 24.5 Å². The Labute approximate surface area is 243 Å². The smallest absolute Gasteiger partial charge is 0.310 e. The summed E-state index contributed by atoms with van der Waals surface area (Å²) in [5.74, 6) is -2.23. The molecular weight excluding hydrogens is 542 g/mol. The fourth-order valence-electron chi connectivity index (χ4n) is 4.94. The molecule has 3 aromatic carbocycles. The van der Waals surface area contributed by atoms with Gasteiger partial charge in [-0.3, -0.25) is 14.6 Å². The van der Waals surface area contributed by atoms with Gasteiger partial charge in [0.1, 0.15) is 24.0 Å². The highest BCUT2D eigenvalue weighted by Crippen LogP contribution is 2.48. The van der Waals surface area contributed by atoms with Crippen molar-refractivity contribution >= 4 is 23.8 Å². The van der Waals surface area contributed by atoms with Crippen LogP contribution in [0.25, 0.3) is 0 Å². The minimum Gasteiger partial charge on any atom is -0.508 e. The van der Waals surface area contributed by atoms with E-state index in [1.165, 1.54) is 59.5 Å². The third kappa shape index (κ3) is 7.16. The summed E-state index contributed by atoms with van der Waals surface area (Å²) in [5.41, 5.74) is 2.66. The van der Waals surface area contributed by atoms with Crippen molar-refractivity contribution in [3.63, 3.8) is 0 Å². The molecule has 3 atom stereocenters. The molecular formula is C33H32F2N2O5. The molecule has 0 saturated carbocycles. The Bertz CT molecular complexity index is 1490. The fourth-order valence-corrected chi connectivity index (χ4v) is 4.94. The van der Waals surface area contributed by atoms with Crippen molar-refractivity contribution in [1.82, 2.24) is 0 Å². The second-order valence-corrected chi connectivity index (χ2v) is 9.96. The van der Waals surface area contributed by atoms with E-state index in [1.54, 1.807) is 37.5 Å². The number of amides is 1. The number of benzene rings is 3. The number of aliphatic hydroxyl groups is 1. The van der Waals surface area contributed by atoms with Crippen LogP contribution in [0.1, 0.15) is 48.1 Å². The average molecular weight is 575 g/mol. The molecule has 218 valence electrons. The highest BCUT2D eigenvalue weighted by atomic mass is 19.1. The number of carbonyl (C=O) groups excluding carboxylic acids is 2. The number of hydrogen-bond donors (Lipinski definition) is 2. The van der Waals surface area contributed by atoms with Crippen molar-refractivity contribution in [3.05, 3.63) is 119 Å². The fraction of sp³-hybridized carbons (Fsp3) is 0.242. The van der Waals surface area contributed by atoms with Gasteiger partial charge < -0.3 is 19.8 Å². The first-order chi connectivity index (χ1) is 20.2. The summed E-state index contributed by atoms with van der Waals surface area (Å²) >= 11 is 0. The Morgan fingerprint density at radius 2 is 1.76 bits per heavy atom. The van der Waals surface area contributed by atoms with Gasteiger partial charge in [-0.1, -0.05) is 36.9 Å². The Hall–Kier alpha value is -4.63. The van der Waals surface area contributed by atoms with Crippen LogP contribution in [0.5, 0.6) is 5.75 Å². The van der Waals surface area contributed by atoms with Gasteiger partial charge in [0.25, 0.3) is 0 Å². The number of carbonyl (C=O) groups is 2. The van der Waals surface area contributed by atoms with Crippen molar-refractivity contribution in [1.29, 1.82) is 0 Å². The van der Waals surface area contributed by atoms with Gasteiger partial charge in [0.05, 0.1) is 24.5 Å². The lowest BCUT2D eigenvalue weighted by atomic mass is 9.77. The minimum atomic E-state index is -0.907. The van der Waals surface area contributed by atoms with Crippen LogP contribution < -0.4 is 4.90 Å². The molecule has 0 aliphatic carbocycles. The maximum Gasteiger partial charge on any atom is 0.310 e. The zero-order valence-electron chi connectivity index (χ0n) is 23.1. The van der Waals surface area contributed by atoms with Gasteiger partial charge in [-0.15, -0.1) is 0 Å². The van der Waals surface area contributed by atoms with Crippen LogP contribution in [0.4, 0.5) is 14.5 Å². The standard InChI is InChI=1S/C33H32F2N2O5/c1-3-21(16-17-36-2)19-31(40)42-20-22-4-13-27(30(39)18-22)32-28(14-15-29(38)23-5-7-24(34)8-6-23)33(41)37(32)26-11-9-25(35)10-12-26/h3-13,16-18,28-29,32,38-39H,1,14-15,19-20H2,2H3/b21-16+,36-17+/t28-,29+,32-/m1/s1. The highest BCUT2D eigenvalue weighted by Gasteiger charge is 2.49. The second-order valence-electron chi connectivity index (χ2n) is 9.96. The molecule has 1 heterocycles. The SMILES string of the molecule is C=C/C(=C\C=N\C)CC(=O)OCc1ccc([C@@H]2[C@@H](CC[C@H](O)c3ccc(F)cc3)C(=O)N2c2ccc(F)cc2)c(O)c1. The van der Waals surface area contributed by atoms with E-state index in [2.05, 4.69) is 11.6 Å². The zero-order chi connectivity index (χ0) is 30.2. The van der Waals surface area contributed by atoms with Crippen LogP contribution in [0, 0.1) is 17.6 Å². The topological polar surface area (TPSA) is 99.4 Å². The van der Waals surface area contributed by atoms with Gasteiger partial charge in [0.2, 0.25) is 5.91 Å². The normalized spacial score (nSPS) is 17.7. The summed E-state index contributed by atoms with van der Waals surface area (Å²) in [6.45, 7) is 3.60. The van der Waals surface area contributed by atoms with Crippen molar-refractivity contribution in [2.75, 3.05) is 11.9 Å². The Morgan fingerprint density at radius 3 is 2.38 bits per heavy atom. The lowest BCUT2D eigenvalue weighted by molar-refractivity contribution is -0.144. The molecule has 4 rings (SSSR count). The Morgan fingerprint density at radius 1 is 1.10 bits per heavy atom. The molecule has 1 saturated heterocycles. The van der Waals surface area contributed by atoms with E-state index in [-0.39, 0.29) is 31.1 Å². The summed E-state index contributed by atoms with van der Waals surface area (Å²) in [5, 5.41) is 21.7. The van der Waals surface area contributed by atoms with Crippen LogP contribution in [-0.4, -0.2) is 35.4 Å². The zero-order valence-corrected chi connectivity index (χ0v) is 23.1. The van der Waals surface area contributed by atoms with Crippen LogP contribution >= 0.6 is 0 Å². The number of aliphatic hydroxyl groups excluding tert-OH is 1. The number of rotatable bonds is 12. The first-order valence-electron chi connectivity index (χ1n) is 13.4. The number of hydrogen-bond acceptors (Lipinski definition) is 6. The molecule has 7 nitrogen and oxygen atoms in total. The van der Waals surface area contributed by atoms with Crippen LogP contribution in [0.15, 0.2) is 96.0 Å². The number of nitrogens with zero attached hydrogens (tertiary/aromatic N) is 2. The van der Waals surface area contributed by atoms with Crippen LogP contribution in [-0.2, 0) is 20.9 Å². The number of esters is 1. The predicted octanol–water partition coefficient (Wildman–Crippen LogP) is 6.13. The lowest BCUT2D eigenvalue weighted by Gasteiger charge is -2.48. The molecule has 1 aliphatic heterocycles. The molecule has 1 amide bonds. The molecule has 0 spiro atoms. The van der Waals surface area contributed by atoms with E-state index >= 15 is 0 Å². The first-order valence-corrected chi connectivity index (χ1v) is 13.4. The summed E-state index contributed by atoms with van der Waals surface area (Å²) < 4.78 is 32.2. The predicted molar refractivity (Wildman–Crippen MR) is 156 cm³/mol. The number of aromatic hydroxyl groups is 1. The van der Waals surface area contributed by atoms with Gasteiger partial charge in [-0.2, -0.15) is 0 Å². The average Bonchev–Trinajstić information content (AvgIpc) is 2.98. The molecule has 2 N–H and O–H groups in total. The second kappa shape index (κ2) is 13.8. The molecule has 3 aromatic rings. The van der Waals surface area contributed by atoms with Crippen molar-refractivity contribution < 1.29 is 33.3 Å². The Kier molecular flexibility index (Phi) is 9.98. The van der Waals surface area contributed by atoms with E-state index < -0.39 is 35.7 Å². The molecule has 1 fully saturated rings. The molecule has 0 unspecified atom stereocenters. The number of aliphatic imine (C=N–C) groups is 1. The number of halogens is 2. The van der Waals surface area contributed by atoms with E-state index in [1.807, 2.05) is 0 Å². The Balaban J connectivity index is 1.50. The van der Waals surface area contributed by atoms with Gasteiger partial charge in [-0.25, -0.2) is 8.78 Å². The number of β-lactam (4-membered cyclic amide) rings is 1. The van der Waals surface area contributed by atoms with Crippen molar-refractivity contribution in [3.8, 4) is 5.75 Å². The summed E-state index contributed by atoms with van der Waals surface area (Å²) in [7, 11) is 1.61. The summed E-state index contributed by atoms with van der Waals surface area (Å²) in [4.78, 5) is 30.9. The first kappa shape index (κ1) is 30.3. The molecule has 1 aliphatic rings. The van der Waals surface area contributed by atoms with E-state index in [4.69, 9.17) is 4.74 Å². The number of phenolic OH excluding ortho intramolecular Hbond substituents is 1. The molecule has 0 radical (unpaired) electrons. The molecule has 0 aromatic heterocycles. The van der Waals surface area contributed by atoms with Crippen LogP contribution in [0.2, 0.25) is 0 Å². The monoisotopic (exact) mass is 574 g/mol. The van der Waals surface area contributed by atoms with Crippen molar-refractivity contribution in [2.45, 2.75) is 38.0 Å². The summed E-state index contributed by atoms with van der Waals surface area (Å²) in [6.07, 6.45) is 4.40. The maximum atomic E-state index is 13.6. The number of anilines is 1. The minimum absolute atomic E-state index is 0.0157. The van der Waals surface area contributed by atoms with E-state index in [0.717, 1.165) is 0 Å². The van der Waals surface area contributed by atoms with E-state index in [0.29, 0.717) is 34.4 Å². The maximum absolute atomic E-state index is 13.6. The third-order valence-corrected chi connectivity index (χ3v) is 7.19. The summed E-state index contributed by atoms with van der Waals surface area (Å²) in [6, 6.07) is 15.3. The third-order valence-electron chi connectivity index (χ3n) is 7.19. The lowest BCUT2D eigenvalue weighted by Crippen LogP contribution is -2.55. The van der Waals surface area contributed by atoms with Crippen molar-refractivity contribution in [2.24, 2.45) is 10.9 Å². The number of ether oxygens (including phenoxy) is 1. The van der Waals surface area contributed by atoms with Gasteiger partial charge >= 0.3 is 5.97 Å². The number of allylic oxidation sites excluding steroid dienone is 2. The van der Waals surface area contributed by atoms with Gasteiger partial charge in [0.15, 0.2) is 0 Å². The van der Waals surface area contributed by atoms with E-state index in [9.17, 15) is 28.6 Å². The molecule has 42 heavy (non-hydrogen) atoms. The quantitative estimate of drug-likeness (QED) is 0.117. The van der Waals surface area contributed by atoms with Gasteiger partial charge in [-0.05, 0) is 78.1 Å². The number of phenols is 1. The molecule has 9 heteroatoms. The molecule has 0 bridgehead atoms. The largest absolute Gasteiger partial charge is 0.508 e.